The van der Waals surface area contributed by atoms with Crippen LogP contribution in [0.1, 0.15) is 46.4 Å². The summed E-state index contributed by atoms with van der Waals surface area (Å²) in [6.07, 6.45) is 2.64. The number of rotatable bonds is 6. The molecule has 4 rings (SSSR count). The lowest BCUT2D eigenvalue weighted by atomic mass is 9.81. The van der Waals surface area contributed by atoms with Crippen molar-refractivity contribution in [2.75, 3.05) is 6.54 Å². The maximum absolute atomic E-state index is 13.5. The zero-order chi connectivity index (χ0) is 24.6. The quantitative estimate of drug-likeness (QED) is 0.250. The average Bonchev–Trinajstić information content (AvgIpc) is 3.09. The van der Waals surface area contributed by atoms with Crippen molar-refractivity contribution in [2.24, 2.45) is 11.8 Å². The molecule has 1 aliphatic heterocycles. The molecule has 2 fully saturated rings. The molecule has 0 spiro atoms. The molecule has 1 saturated heterocycles. The standard InChI is InChI=1S/C23H19Cl2N3O6/c24-18-9-8-14(11-19(18)25)21(30)26(12-20(29)13-4-3-5-15(10-13)28(33)34)27-22(31)16-6-1-2-7-17(16)23(27)32/h3-5,8-11,16-17H,1-2,6-7,12H2/t16-,17-/m1/s1. The molecule has 176 valence electrons. The molecule has 11 heteroatoms. The molecule has 2 atom stereocenters. The topological polar surface area (TPSA) is 118 Å². The smallest absolute Gasteiger partial charge is 0.273 e. The monoisotopic (exact) mass is 503 g/mol. The van der Waals surface area contributed by atoms with E-state index in [0.717, 1.165) is 28.9 Å². The number of carbonyl (C=O) groups is 4. The van der Waals surface area contributed by atoms with Crippen LogP contribution in [0.2, 0.25) is 10.0 Å². The summed E-state index contributed by atoms with van der Waals surface area (Å²) in [4.78, 5) is 63.3. The van der Waals surface area contributed by atoms with Crippen LogP contribution in [0, 0.1) is 22.0 Å². The first kappa shape index (κ1) is 23.8. The van der Waals surface area contributed by atoms with Crippen LogP contribution in [0.4, 0.5) is 5.69 Å². The molecular weight excluding hydrogens is 485 g/mol. The molecule has 9 nitrogen and oxygen atoms in total. The Bertz CT molecular complexity index is 1190. The summed E-state index contributed by atoms with van der Waals surface area (Å²) in [6.45, 7) is -0.669. The summed E-state index contributed by atoms with van der Waals surface area (Å²) in [5.74, 6) is -3.62. The van der Waals surface area contributed by atoms with E-state index in [4.69, 9.17) is 23.2 Å². The molecule has 1 aliphatic carbocycles. The summed E-state index contributed by atoms with van der Waals surface area (Å²) in [6, 6.07) is 9.08. The molecule has 2 aromatic rings. The number of hydrogen-bond donors (Lipinski definition) is 0. The third-order valence-corrected chi connectivity index (χ3v) is 6.87. The number of hydrogen-bond acceptors (Lipinski definition) is 6. The Hall–Kier alpha value is -3.30. The van der Waals surface area contributed by atoms with Crippen molar-refractivity contribution in [1.29, 1.82) is 0 Å². The summed E-state index contributed by atoms with van der Waals surface area (Å²) >= 11 is 12.0. The van der Waals surface area contributed by atoms with Gasteiger partial charge in [-0.2, -0.15) is 5.01 Å². The molecule has 0 aromatic heterocycles. The summed E-state index contributed by atoms with van der Waals surface area (Å²) in [5.41, 5.74) is -0.304. The van der Waals surface area contributed by atoms with Gasteiger partial charge in [0.05, 0.1) is 26.8 Å². The van der Waals surface area contributed by atoms with Crippen LogP contribution in [0.5, 0.6) is 0 Å². The van der Waals surface area contributed by atoms with E-state index in [1.54, 1.807) is 0 Å². The molecule has 2 aromatic carbocycles. The lowest BCUT2D eigenvalue weighted by Gasteiger charge is -2.30. The number of halogens is 2. The second kappa shape index (κ2) is 9.52. The number of non-ortho nitro benzene ring substituents is 1. The van der Waals surface area contributed by atoms with E-state index in [9.17, 15) is 29.3 Å². The zero-order valence-electron chi connectivity index (χ0n) is 17.8. The average molecular weight is 504 g/mol. The number of fused-ring (bicyclic) bond motifs is 1. The fourth-order valence-corrected chi connectivity index (χ4v) is 4.71. The number of hydrazine groups is 1. The summed E-state index contributed by atoms with van der Waals surface area (Å²) < 4.78 is 0. The SMILES string of the molecule is O=C(CN(C(=O)c1ccc(Cl)c(Cl)c1)N1C(=O)[C@@H]2CCCC[C@H]2C1=O)c1cccc([N+](=O)[O-])c1. The van der Waals surface area contributed by atoms with Crippen LogP contribution in [-0.4, -0.2) is 45.0 Å². The van der Waals surface area contributed by atoms with E-state index < -0.39 is 46.8 Å². The fraction of sp³-hybridized carbons (Fsp3) is 0.304. The number of ketones is 1. The predicted octanol–water partition coefficient (Wildman–Crippen LogP) is 4.32. The van der Waals surface area contributed by atoms with Crippen LogP contribution < -0.4 is 0 Å². The molecule has 1 heterocycles. The van der Waals surface area contributed by atoms with Crippen LogP contribution in [-0.2, 0) is 9.59 Å². The van der Waals surface area contributed by atoms with Crippen molar-refractivity contribution in [2.45, 2.75) is 25.7 Å². The minimum atomic E-state index is -0.794. The fourth-order valence-electron chi connectivity index (χ4n) is 4.41. The molecule has 0 radical (unpaired) electrons. The number of carbonyl (C=O) groups excluding carboxylic acids is 4. The van der Waals surface area contributed by atoms with Gasteiger partial charge in [0.25, 0.3) is 23.4 Å². The van der Waals surface area contributed by atoms with Gasteiger partial charge in [-0.1, -0.05) is 48.2 Å². The van der Waals surface area contributed by atoms with E-state index in [-0.39, 0.29) is 26.9 Å². The van der Waals surface area contributed by atoms with Crippen LogP contribution in [0.25, 0.3) is 0 Å². The molecule has 2 aliphatic rings. The van der Waals surface area contributed by atoms with E-state index in [0.29, 0.717) is 12.8 Å². The van der Waals surface area contributed by atoms with Crippen LogP contribution >= 0.6 is 23.2 Å². The Morgan fingerprint density at radius 3 is 2.21 bits per heavy atom. The third-order valence-electron chi connectivity index (χ3n) is 6.13. The highest BCUT2D eigenvalue weighted by atomic mass is 35.5. The van der Waals surface area contributed by atoms with Crippen molar-refractivity contribution in [3.63, 3.8) is 0 Å². The Labute approximate surface area is 204 Å². The van der Waals surface area contributed by atoms with Gasteiger partial charge in [0, 0.05) is 23.3 Å². The highest BCUT2D eigenvalue weighted by Crippen LogP contribution is 2.39. The van der Waals surface area contributed by atoms with Crippen molar-refractivity contribution < 1.29 is 24.1 Å². The Balaban J connectivity index is 1.71. The second-order valence-electron chi connectivity index (χ2n) is 8.21. The normalized spacial score (nSPS) is 19.6. The van der Waals surface area contributed by atoms with Crippen molar-refractivity contribution >= 4 is 52.4 Å². The zero-order valence-corrected chi connectivity index (χ0v) is 19.3. The molecule has 34 heavy (non-hydrogen) atoms. The van der Waals surface area contributed by atoms with E-state index in [1.165, 1.54) is 36.4 Å². The highest BCUT2D eigenvalue weighted by molar-refractivity contribution is 6.42. The minimum absolute atomic E-state index is 0.0247. The lowest BCUT2D eigenvalue weighted by Crippen LogP contribution is -2.52. The highest BCUT2D eigenvalue weighted by Gasteiger charge is 2.51. The Morgan fingerprint density at radius 1 is 0.971 bits per heavy atom. The van der Waals surface area contributed by atoms with Gasteiger partial charge in [-0.05, 0) is 31.0 Å². The maximum Gasteiger partial charge on any atom is 0.273 e. The molecule has 0 N–H and O–H groups in total. The molecule has 0 bridgehead atoms. The number of benzene rings is 2. The minimum Gasteiger partial charge on any atom is -0.292 e. The van der Waals surface area contributed by atoms with Gasteiger partial charge in [-0.25, -0.2) is 5.01 Å². The van der Waals surface area contributed by atoms with Crippen LogP contribution in [0.3, 0.4) is 0 Å². The van der Waals surface area contributed by atoms with Crippen molar-refractivity contribution in [3.8, 4) is 0 Å². The number of nitro benzene ring substituents is 1. The largest absolute Gasteiger partial charge is 0.292 e. The first-order chi connectivity index (χ1) is 16.2. The van der Waals surface area contributed by atoms with Gasteiger partial charge in [0.1, 0.15) is 6.54 Å². The Morgan fingerprint density at radius 2 is 1.62 bits per heavy atom. The van der Waals surface area contributed by atoms with Gasteiger partial charge < -0.3 is 0 Å². The number of imide groups is 1. The lowest BCUT2D eigenvalue weighted by molar-refractivity contribution is -0.384. The van der Waals surface area contributed by atoms with Crippen molar-refractivity contribution in [1.82, 2.24) is 10.0 Å². The summed E-state index contributed by atoms with van der Waals surface area (Å²) in [7, 11) is 0. The Kier molecular flexibility index (Phi) is 6.67. The van der Waals surface area contributed by atoms with Crippen LogP contribution in [0.15, 0.2) is 42.5 Å². The second-order valence-corrected chi connectivity index (χ2v) is 9.02. The molecule has 1 saturated carbocycles. The van der Waals surface area contributed by atoms with Gasteiger partial charge in [-0.15, -0.1) is 0 Å². The maximum atomic E-state index is 13.5. The van der Waals surface area contributed by atoms with Gasteiger partial charge in [0.15, 0.2) is 5.78 Å². The number of Topliss-reactive ketones (excluding diaryl/α,β-unsaturated/α-hetero) is 1. The number of nitro groups is 1. The number of amides is 3. The summed E-state index contributed by atoms with van der Waals surface area (Å²) in [5, 5.41) is 13.0. The van der Waals surface area contributed by atoms with Gasteiger partial charge >= 0.3 is 0 Å². The van der Waals surface area contributed by atoms with E-state index in [2.05, 4.69) is 0 Å². The van der Waals surface area contributed by atoms with Gasteiger partial charge in [-0.3, -0.25) is 29.3 Å². The molecular formula is C23H19Cl2N3O6. The first-order valence-electron chi connectivity index (χ1n) is 10.6. The first-order valence-corrected chi connectivity index (χ1v) is 11.4. The predicted molar refractivity (Wildman–Crippen MR) is 122 cm³/mol. The van der Waals surface area contributed by atoms with E-state index in [1.807, 2.05) is 0 Å². The molecule has 0 unspecified atom stereocenters. The van der Waals surface area contributed by atoms with Crippen molar-refractivity contribution in [3.05, 3.63) is 73.8 Å². The van der Waals surface area contributed by atoms with Gasteiger partial charge in [0.2, 0.25) is 0 Å². The van der Waals surface area contributed by atoms with E-state index >= 15 is 0 Å². The third kappa shape index (κ3) is 4.41. The molecule has 3 amide bonds. The number of nitrogens with zero attached hydrogens (tertiary/aromatic N) is 3.